The second-order valence-corrected chi connectivity index (χ2v) is 8.79. The summed E-state index contributed by atoms with van der Waals surface area (Å²) in [6.45, 7) is 2.14. The molecule has 0 radical (unpaired) electrons. The molecule has 0 fully saturated rings. The van der Waals surface area contributed by atoms with Gasteiger partial charge in [-0.1, -0.05) is 30.3 Å². The first-order valence-corrected chi connectivity index (χ1v) is 10.8. The lowest BCUT2D eigenvalue weighted by atomic mass is 10.1. The minimum absolute atomic E-state index is 0.215. The van der Waals surface area contributed by atoms with Gasteiger partial charge >= 0.3 is 0 Å². The van der Waals surface area contributed by atoms with Crippen molar-refractivity contribution >= 4 is 21.6 Å². The molecular weight excluding hydrogens is 400 g/mol. The summed E-state index contributed by atoms with van der Waals surface area (Å²) in [6, 6.07) is 20.7. The fourth-order valence-corrected chi connectivity index (χ4v) is 4.38. The molecular formula is C23H24N2O4S. The van der Waals surface area contributed by atoms with Crippen LogP contribution in [0.4, 0.5) is 5.69 Å². The lowest BCUT2D eigenvalue weighted by Crippen LogP contribution is -2.27. The van der Waals surface area contributed by atoms with E-state index < -0.39 is 10.0 Å². The van der Waals surface area contributed by atoms with Crippen molar-refractivity contribution in [2.24, 2.45) is 0 Å². The molecule has 3 aromatic rings. The number of ether oxygens (including phenoxy) is 1. The van der Waals surface area contributed by atoms with E-state index in [1.807, 2.05) is 24.3 Å². The molecule has 0 aliphatic rings. The minimum atomic E-state index is -3.68. The van der Waals surface area contributed by atoms with Gasteiger partial charge in [0.05, 0.1) is 17.7 Å². The number of rotatable bonds is 7. The number of carbonyl (C=O) groups excluding carboxylic acids is 1. The lowest BCUT2D eigenvalue weighted by Gasteiger charge is -2.22. The predicted octanol–water partition coefficient (Wildman–Crippen LogP) is 3.76. The molecule has 0 aliphatic heterocycles. The van der Waals surface area contributed by atoms with Crippen LogP contribution in [0.3, 0.4) is 0 Å². The van der Waals surface area contributed by atoms with Crippen LogP contribution in [0.2, 0.25) is 0 Å². The Kier molecular flexibility index (Phi) is 6.42. The second kappa shape index (κ2) is 9.00. The summed E-state index contributed by atoms with van der Waals surface area (Å²) in [4.78, 5) is 12.8. The van der Waals surface area contributed by atoms with Gasteiger partial charge in [-0.15, -0.1) is 0 Å². The molecule has 0 saturated carbocycles. The lowest BCUT2D eigenvalue weighted by molar-refractivity contribution is 0.0951. The van der Waals surface area contributed by atoms with Crippen LogP contribution in [0, 0.1) is 6.92 Å². The van der Waals surface area contributed by atoms with Gasteiger partial charge in [0.1, 0.15) is 5.75 Å². The van der Waals surface area contributed by atoms with E-state index in [9.17, 15) is 13.2 Å². The molecule has 3 aromatic carbocycles. The van der Waals surface area contributed by atoms with Gasteiger partial charge in [0.2, 0.25) is 0 Å². The Morgan fingerprint density at radius 3 is 2.40 bits per heavy atom. The Balaban J connectivity index is 1.75. The highest BCUT2D eigenvalue weighted by Crippen LogP contribution is 2.26. The molecule has 0 bridgehead atoms. The number of sulfonamides is 1. The molecule has 6 nitrogen and oxygen atoms in total. The zero-order chi connectivity index (χ0) is 21.7. The van der Waals surface area contributed by atoms with Gasteiger partial charge in [-0.2, -0.15) is 0 Å². The largest absolute Gasteiger partial charge is 0.497 e. The topological polar surface area (TPSA) is 75.7 Å². The quantitative estimate of drug-likeness (QED) is 0.627. The Morgan fingerprint density at radius 2 is 1.73 bits per heavy atom. The molecule has 156 valence electrons. The molecule has 30 heavy (non-hydrogen) atoms. The highest BCUT2D eigenvalue weighted by Gasteiger charge is 2.22. The molecule has 0 saturated heterocycles. The number of carbonyl (C=O) groups is 1. The van der Waals surface area contributed by atoms with E-state index in [0.717, 1.165) is 11.3 Å². The van der Waals surface area contributed by atoms with Crippen molar-refractivity contribution in [1.82, 2.24) is 5.32 Å². The third-order valence-electron chi connectivity index (χ3n) is 4.79. The maximum Gasteiger partial charge on any atom is 0.264 e. The molecule has 0 aliphatic carbocycles. The molecule has 0 atom stereocenters. The van der Waals surface area contributed by atoms with Crippen molar-refractivity contribution in [3.63, 3.8) is 0 Å². The van der Waals surface area contributed by atoms with Crippen molar-refractivity contribution < 1.29 is 17.9 Å². The first kappa shape index (κ1) is 21.4. The number of anilines is 1. The van der Waals surface area contributed by atoms with Crippen molar-refractivity contribution in [2.75, 3.05) is 18.5 Å². The van der Waals surface area contributed by atoms with E-state index in [1.165, 1.54) is 11.4 Å². The van der Waals surface area contributed by atoms with Crippen LogP contribution >= 0.6 is 0 Å². The normalized spacial score (nSPS) is 11.0. The first-order chi connectivity index (χ1) is 14.3. The minimum Gasteiger partial charge on any atom is -0.497 e. The molecule has 0 spiro atoms. The summed E-state index contributed by atoms with van der Waals surface area (Å²) < 4.78 is 32.1. The number of hydrogen-bond acceptors (Lipinski definition) is 4. The molecule has 0 aromatic heterocycles. The summed E-state index contributed by atoms with van der Waals surface area (Å²) in [5, 5.41) is 2.87. The van der Waals surface area contributed by atoms with Crippen LogP contribution in [-0.4, -0.2) is 28.5 Å². The number of nitrogens with one attached hydrogen (secondary N) is 1. The van der Waals surface area contributed by atoms with Crippen LogP contribution in [0.1, 0.15) is 21.5 Å². The van der Waals surface area contributed by atoms with Crippen molar-refractivity contribution in [1.29, 1.82) is 0 Å². The highest BCUT2D eigenvalue weighted by molar-refractivity contribution is 7.92. The van der Waals surface area contributed by atoms with Gasteiger partial charge in [-0.05, 0) is 60.5 Å². The van der Waals surface area contributed by atoms with Crippen LogP contribution in [-0.2, 0) is 16.6 Å². The molecule has 1 amide bonds. The van der Waals surface area contributed by atoms with E-state index in [2.05, 4.69) is 5.32 Å². The molecule has 7 heteroatoms. The first-order valence-electron chi connectivity index (χ1n) is 9.38. The summed E-state index contributed by atoms with van der Waals surface area (Å²) in [6.07, 6.45) is 0. The van der Waals surface area contributed by atoms with Crippen molar-refractivity contribution in [3.8, 4) is 5.75 Å². The average molecular weight is 425 g/mol. The number of amides is 1. The van der Waals surface area contributed by atoms with E-state index in [4.69, 9.17) is 4.74 Å². The van der Waals surface area contributed by atoms with Crippen LogP contribution < -0.4 is 14.4 Å². The van der Waals surface area contributed by atoms with Gasteiger partial charge in [0, 0.05) is 19.2 Å². The second-order valence-electron chi connectivity index (χ2n) is 6.82. The van der Waals surface area contributed by atoms with Gasteiger partial charge < -0.3 is 10.1 Å². The average Bonchev–Trinajstić information content (AvgIpc) is 2.77. The number of aryl methyl sites for hydroxylation is 1. The summed E-state index contributed by atoms with van der Waals surface area (Å²) in [5.74, 6) is 0.491. The van der Waals surface area contributed by atoms with Crippen molar-refractivity contribution in [2.45, 2.75) is 18.4 Å². The van der Waals surface area contributed by atoms with Crippen LogP contribution in [0.25, 0.3) is 0 Å². The van der Waals surface area contributed by atoms with Gasteiger partial charge in [-0.3, -0.25) is 9.10 Å². The van der Waals surface area contributed by atoms with Crippen LogP contribution in [0.5, 0.6) is 5.75 Å². The monoisotopic (exact) mass is 424 g/mol. The predicted molar refractivity (Wildman–Crippen MR) is 117 cm³/mol. The molecule has 3 rings (SSSR count). The summed E-state index contributed by atoms with van der Waals surface area (Å²) in [7, 11) is -0.578. The third kappa shape index (κ3) is 4.63. The summed E-state index contributed by atoms with van der Waals surface area (Å²) >= 11 is 0. The van der Waals surface area contributed by atoms with Gasteiger partial charge in [-0.25, -0.2) is 8.42 Å². The van der Waals surface area contributed by atoms with Crippen molar-refractivity contribution in [3.05, 3.63) is 89.5 Å². The highest BCUT2D eigenvalue weighted by atomic mass is 32.2. The SMILES string of the molecule is COc1cccc(CNC(=O)c2ccc(N(C)S(=O)(=O)c3ccccc3)c(C)c2)c1. The molecule has 0 unspecified atom stereocenters. The molecule has 1 N–H and O–H groups in total. The Morgan fingerprint density at radius 1 is 1.00 bits per heavy atom. The fourth-order valence-electron chi connectivity index (χ4n) is 3.10. The van der Waals surface area contributed by atoms with Gasteiger partial charge in [0.15, 0.2) is 0 Å². The molecule has 0 heterocycles. The zero-order valence-corrected chi connectivity index (χ0v) is 17.9. The van der Waals surface area contributed by atoms with E-state index in [-0.39, 0.29) is 10.8 Å². The van der Waals surface area contributed by atoms with E-state index in [1.54, 1.807) is 62.6 Å². The standard InChI is InChI=1S/C23H24N2O4S/c1-17-14-19(23(26)24-16-18-8-7-9-20(15-18)29-3)12-13-22(17)25(2)30(27,28)21-10-5-4-6-11-21/h4-15H,16H2,1-3H3,(H,24,26). The number of benzene rings is 3. The number of methoxy groups -OCH3 is 1. The van der Waals surface area contributed by atoms with E-state index >= 15 is 0 Å². The smallest absolute Gasteiger partial charge is 0.264 e. The fraction of sp³-hybridized carbons (Fsp3) is 0.174. The van der Waals surface area contributed by atoms with E-state index in [0.29, 0.717) is 23.4 Å². The summed E-state index contributed by atoms with van der Waals surface area (Å²) in [5.41, 5.74) is 2.59. The van der Waals surface area contributed by atoms with Gasteiger partial charge in [0.25, 0.3) is 15.9 Å². The number of nitrogens with zero attached hydrogens (tertiary/aromatic N) is 1. The zero-order valence-electron chi connectivity index (χ0n) is 17.1. The van der Waals surface area contributed by atoms with Crippen LogP contribution in [0.15, 0.2) is 77.7 Å². The Hall–Kier alpha value is -3.32. The Bertz CT molecular complexity index is 1140. The maximum absolute atomic E-state index is 12.9. The third-order valence-corrected chi connectivity index (χ3v) is 6.57. The number of hydrogen-bond donors (Lipinski definition) is 1. The Labute approximate surface area is 177 Å². The maximum atomic E-state index is 12.9.